The highest BCUT2D eigenvalue weighted by Crippen LogP contribution is 2.20. The molecule has 0 spiro atoms. The van der Waals surface area contributed by atoms with Gasteiger partial charge in [-0.3, -0.25) is 4.79 Å². The predicted octanol–water partition coefficient (Wildman–Crippen LogP) is 4.59. The Kier molecular flexibility index (Phi) is 4.92. The molecule has 1 amide bonds. The van der Waals surface area contributed by atoms with Crippen LogP contribution in [0, 0.1) is 0 Å². The summed E-state index contributed by atoms with van der Waals surface area (Å²) in [6, 6.07) is 21.6. The maximum atomic E-state index is 12.0. The maximum absolute atomic E-state index is 12.0. The van der Waals surface area contributed by atoms with E-state index >= 15 is 0 Å². The van der Waals surface area contributed by atoms with Gasteiger partial charge in [0.05, 0.1) is 0 Å². The van der Waals surface area contributed by atoms with Crippen LogP contribution in [0.1, 0.15) is 5.56 Å². The predicted molar refractivity (Wildman–Crippen MR) is 98.4 cm³/mol. The number of benzene rings is 3. The molecule has 0 saturated heterocycles. The van der Waals surface area contributed by atoms with Crippen molar-refractivity contribution in [3.8, 4) is 5.75 Å². The lowest BCUT2D eigenvalue weighted by atomic mass is 10.1. The second-order valence-electron chi connectivity index (χ2n) is 5.54. The molecule has 3 aromatic rings. The normalized spacial score (nSPS) is 10.3. The molecule has 0 radical (unpaired) electrons. The van der Waals surface area contributed by atoms with Gasteiger partial charge in [0, 0.05) is 5.69 Å². The van der Waals surface area contributed by atoms with Gasteiger partial charge in [0.25, 0.3) is 5.91 Å². The molecule has 3 aromatic carbocycles. The molecule has 0 aliphatic carbocycles. The number of fused-ring (bicyclic) bond motifs is 1. The van der Waals surface area contributed by atoms with Crippen LogP contribution in [-0.2, 0) is 11.2 Å². The minimum atomic E-state index is -0.181. The van der Waals surface area contributed by atoms with E-state index in [1.165, 1.54) is 0 Å². The molecule has 3 rings (SSSR count). The lowest BCUT2D eigenvalue weighted by Gasteiger charge is -2.09. The van der Waals surface area contributed by atoms with Crippen molar-refractivity contribution < 1.29 is 9.53 Å². The Bertz CT molecular complexity index is 853. The number of ether oxygens (including phenoxy) is 1. The van der Waals surface area contributed by atoms with Gasteiger partial charge >= 0.3 is 0 Å². The Labute approximate surface area is 141 Å². The Hall–Kier alpha value is -3.07. The topological polar surface area (TPSA) is 38.3 Å². The van der Waals surface area contributed by atoms with E-state index in [4.69, 9.17) is 4.74 Å². The van der Waals surface area contributed by atoms with Crippen molar-refractivity contribution in [2.75, 3.05) is 11.9 Å². The highest BCUT2D eigenvalue weighted by molar-refractivity contribution is 5.92. The van der Waals surface area contributed by atoms with E-state index in [9.17, 15) is 4.79 Å². The second kappa shape index (κ2) is 7.47. The molecule has 0 unspecified atom stereocenters. The number of allylic oxidation sites excluding steroid dienone is 1. The average Bonchev–Trinajstić information content (AvgIpc) is 2.62. The third kappa shape index (κ3) is 4.02. The van der Waals surface area contributed by atoms with E-state index in [0.29, 0.717) is 5.75 Å². The van der Waals surface area contributed by atoms with Gasteiger partial charge in [-0.15, -0.1) is 6.58 Å². The van der Waals surface area contributed by atoms with Crippen LogP contribution in [0.2, 0.25) is 0 Å². The second-order valence-corrected chi connectivity index (χ2v) is 5.54. The molecule has 0 heterocycles. The van der Waals surface area contributed by atoms with Crippen molar-refractivity contribution in [1.82, 2.24) is 0 Å². The minimum absolute atomic E-state index is 0.0211. The third-order valence-electron chi connectivity index (χ3n) is 3.71. The summed E-state index contributed by atoms with van der Waals surface area (Å²) in [5.74, 6) is 0.504. The summed E-state index contributed by atoms with van der Waals surface area (Å²) in [6.07, 6.45) is 2.67. The number of nitrogens with one attached hydrogen (secondary N) is 1. The van der Waals surface area contributed by atoms with Gasteiger partial charge in [0.1, 0.15) is 5.75 Å². The first-order valence-corrected chi connectivity index (χ1v) is 7.86. The van der Waals surface area contributed by atoms with Crippen molar-refractivity contribution in [2.45, 2.75) is 6.42 Å². The quantitative estimate of drug-likeness (QED) is 0.676. The lowest BCUT2D eigenvalue weighted by Crippen LogP contribution is -2.20. The first-order valence-electron chi connectivity index (χ1n) is 7.86. The zero-order valence-corrected chi connectivity index (χ0v) is 13.4. The number of amides is 1. The largest absolute Gasteiger partial charge is 0.484 e. The van der Waals surface area contributed by atoms with Gasteiger partial charge in [-0.25, -0.2) is 0 Å². The summed E-state index contributed by atoms with van der Waals surface area (Å²) in [5, 5.41) is 5.07. The standard InChI is InChI=1S/C21H19NO2/c1-2-5-16-8-11-19(12-9-16)22-21(23)15-24-20-13-10-17-6-3-4-7-18(17)14-20/h2-4,6-14H,1,5,15H2,(H,22,23). The van der Waals surface area contributed by atoms with Crippen LogP contribution in [0.5, 0.6) is 5.75 Å². The van der Waals surface area contributed by atoms with Crippen LogP contribution in [0.25, 0.3) is 10.8 Å². The lowest BCUT2D eigenvalue weighted by molar-refractivity contribution is -0.118. The molecular weight excluding hydrogens is 298 g/mol. The Morgan fingerprint density at radius 2 is 1.75 bits per heavy atom. The molecule has 24 heavy (non-hydrogen) atoms. The number of hydrogen-bond acceptors (Lipinski definition) is 2. The number of hydrogen-bond donors (Lipinski definition) is 1. The van der Waals surface area contributed by atoms with Crippen molar-refractivity contribution in [3.63, 3.8) is 0 Å². The molecule has 3 nitrogen and oxygen atoms in total. The Morgan fingerprint density at radius 3 is 2.50 bits per heavy atom. The Balaban J connectivity index is 1.57. The first kappa shape index (κ1) is 15.8. The summed E-state index contributed by atoms with van der Waals surface area (Å²) in [4.78, 5) is 12.0. The van der Waals surface area contributed by atoms with Gasteiger partial charge in [-0.05, 0) is 47.0 Å². The highest BCUT2D eigenvalue weighted by Gasteiger charge is 2.04. The van der Waals surface area contributed by atoms with Crippen LogP contribution in [-0.4, -0.2) is 12.5 Å². The van der Waals surface area contributed by atoms with E-state index in [1.54, 1.807) is 0 Å². The molecule has 0 bridgehead atoms. The summed E-state index contributed by atoms with van der Waals surface area (Å²) >= 11 is 0. The molecule has 0 aromatic heterocycles. The van der Waals surface area contributed by atoms with Crippen molar-refractivity contribution in [1.29, 1.82) is 0 Å². The Morgan fingerprint density at radius 1 is 1.00 bits per heavy atom. The summed E-state index contributed by atoms with van der Waals surface area (Å²) in [5.41, 5.74) is 1.92. The molecule has 120 valence electrons. The molecule has 1 N–H and O–H groups in total. The fourth-order valence-electron chi connectivity index (χ4n) is 2.49. The molecule has 0 atom stereocenters. The molecule has 0 aliphatic rings. The first-order chi connectivity index (χ1) is 11.7. The molecule has 3 heteroatoms. The van der Waals surface area contributed by atoms with Crippen molar-refractivity contribution in [2.24, 2.45) is 0 Å². The van der Waals surface area contributed by atoms with Gasteiger partial charge in [-0.1, -0.05) is 48.5 Å². The number of carbonyl (C=O) groups is 1. The van der Waals surface area contributed by atoms with Gasteiger partial charge < -0.3 is 10.1 Å². The SMILES string of the molecule is C=CCc1ccc(NC(=O)COc2ccc3ccccc3c2)cc1. The van der Waals surface area contributed by atoms with Gasteiger partial charge in [0.2, 0.25) is 0 Å². The number of carbonyl (C=O) groups excluding carboxylic acids is 1. The molecule has 0 fully saturated rings. The van der Waals surface area contributed by atoms with E-state index < -0.39 is 0 Å². The van der Waals surface area contributed by atoms with E-state index in [1.807, 2.05) is 72.8 Å². The molecule has 0 saturated carbocycles. The number of rotatable bonds is 6. The third-order valence-corrected chi connectivity index (χ3v) is 3.71. The smallest absolute Gasteiger partial charge is 0.262 e. The van der Waals surface area contributed by atoms with E-state index in [2.05, 4.69) is 11.9 Å². The number of anilines is 1. The summed E-state index contributed by atoms with van der Waals surface area (Å²) < 4.78 is 5.59. The summed E-state index contributed by atoms with van der Waals surface area (Å²) in [6.45, 7) is 3.69. The monoisotopic (exact) mass is 317 g/mol. The van der Waals surface area contributed by atoms with Gasteiger partial charge in [0.15, 0.2) is 6.61 Å². The summed E-state index contributed by atoms with van der Waals surface area (Å²) in [7, 11) is 0. The average molecular weight is 317 g/mol. The highest BCUT2D eigenvalue weighted by atomic mass is 16.5. The van der Waals surface area contributed by atoms with E-state index in [0.717, 1.165) is 28.4 Å². The van der Waals surface area contributed by atoms with E-state index in [-0.39, 0.29) is 12.5 Å². The van der Waals surface area contributed by atoms with Crippen LogP contribution in [0.3, 0.4) is 0 Å². The fraction of sp³-hybridized carbons (Fsp3) is 0.0952. The van der Waals surface area contributed by atoms with Crippen molar-refractivity contribution in [3.05, 3.63) is 84.9 Å². The fourth-order valence-corrected chi connectivity index (χ4v) is 2.49. The minimum Gasteiger partial charge on any atom is -0.484 e. The van der Waals surface area contributed by atoms with Crippen LogP contribution in [0.15, 0.2) is 79.4 Å². The zero-order valence-electron chi connectivity index (χ0n) is 13.4. The maximum Gasteiger partial charge on any atom is 0.262 e. The molecular formula is C21H19NO2. The van der Waals surface area contributed by atoms with Crippen LogP contribution < -0.4 is 10.1 Å². The van der Waals surface area contributed by atoms with Crippen LogP contribution >= 0.6 is 0 Å². The van der Waals surface area contributed by atoms with Gasteiger partial charge in [-0.2, -0.15) is 0 Å². The molecule has 0 aliphatic heterocycles. The zero-order chi connectivity index (χ0) is 16.8. The van der Waals surface area contributed by atoms with Crippen LogP contribution in [0.4, 0.5) is 5.69 Å². The van der Waals surface area contributed by atoms with Crippen molar-refractivity contribution >= 4 is 22.4 Å².